The van der Waals surface area contributed by atoms with E-state index in [9.17, 15) is 9.90 Å². The van der Waals surface area contributed by atoms with Crippen LogP contribution >= 0.6 is 15.9 Å². The predicted molar refractivity (Wildman–Crippen MR) is 56.3 cm³/mol. The molecule has 0 aromatic heterocycles. The maximum absolute atomic E-state index is 11.0. The van der Waals surface area contributed by atoms with Gasteiger partial charge in [-0.15, -0.1) is 0 Å². The molecule has 1 heterocycles. The highest BCUT2D eigenvalue weighted by molar-refractivity contribution is 9.10. The van der Waals surface area contributed by atoms with Gasteiger partial charge in [0.05, 0.1) is 0 Å². The fourth-order valence-electron chi connectivity index (χ4n) is 1.45. The molecule has 1 aliphatic heterocycles. The van der Waals surface area contributed by atoms with Gasteiger partial charge < -0.3 is 14.6 Å². The number of ether oxygens (including phenoxy) is 2. The van der Waals surface area contributed by atoms with Gasteiger partial charge in [-0.25, -0.2) is 0 Å². The van der Waals surface area contributed by atoms with E-state index in [4.69, 9.17) is 9.47 Å². The van der Waals surface area contributed by atoms with Gasteiger partial charge in [-0.1, -0.05) is 0 Å². The number of halogens is 1. The minimum atomic E-state index is -0.0175. The van der Waals surface area contributed by atoms with Gasteiger partial charge in [-0.05, 0) is 28.9 Å². The first-order chi connectivity index (χ1) is 7.09. The third-order valence-corrected chi connectivity index (χ3v) is 2.83. The maximum Gasteiger partial charge on any atom is 0.231 e. The van der Waals surface area contributed by atoms with Crippen molar-refractivity contribution in [3.63, 3.8) is 0 Å². The van der Waals surface area contributed by atoms with E-state index in [0.29, 0.717) is 21.5 Å². The number of fused-ring (bicyclic) bond motifs is 1. The van der Waals surface area contributed by atoms with Crippen molar-refractivity contribution in [2.45, 2.75) is 13.3 Å². The fraction of sp³-hybridized carbons (Fsp3) is 0.300. The predicted octanol–water partition coefficient (Wildman–Crippen LogP) is 2.01. The van der Waals surface area contributed by atoms with E-state index in [1.807, 2.05) is 0 Å². The summed E-state index contributed by atoms with van der Waals surface area (Å²) in [5, 5.41) is 9.78. The quantitative estimate of drug-likeness (QED) is 0.895. The van der Waals surface area contributed by atoms with Gasteiger partial charge in [-0.3, -0.25) is 4.79 Å². The minimum Gasteiger partial charge on any atom is -0.506 e. The molecule has 0 spiro atoms. The van der Waals surface area contributed by atoms with Gasteiger partial charge in [0, 0.05) is 12.0 Å². The molecule has 1 N–H and O–H groups in total. The molecule has 0 saturated heterocycles. The first kappa shape index (κ1) is 10.3. The van der Waals surface area contributed by atoms with Gasteiger partial charge in [-0.2, -0.15) is 0 Å². The first-order valence-electron chi connectivity index (χ1n) is 4.39. The molecule has 0 bridgehead atoms. The van der Waals surface area contributed by atoms with Crippen molar-refractivity contribution in [1.82, 2.24) is 0 Å². The molecule has 0 unspecified atom stereocenters. The summed E-state index contributed by atoms with van der Waals surface area (Å²) in [5.41, 5.74) is 0.540. The van der Waals surface area contributed by atoms with Gasteiger partial charge in [0.15, 0.2) is 11.5 Å². The highest BCUT2D eigenvalue weighted by atomic mass is 79.9. The lowest BCUT2D eigenvalue weighted by Gasteiger charge is -2.07. The van der Waals surface area contributed by atoms with E-state index in [1.54, 1.807) is 6.07 Å². The Morgan fingerprint density at radius 2 is 2.33 bits per heavy atom. The van der Waals surface area contributed by atoms with Crippen LogP contribution in [0.1, 0.15) is 12.5 Å². The summed E-state index contributed by atoms with van der Waals surface area (Å²) in [7, 11) is 0. The van der Waals surface area contributed by atoms with E-state index in [-0.39, 0.29) is 24.7 Å². The Morgan fingerprint density at radius 1 is 1.60 bits per heavy atom. The lowest BCUT2D eigenvalue weighted by atomic mass is 10.1. The number of phenolic OH excluding ortho intramolecular Hbond substituents is 1. The number of phenols is 1. The third kappa shape index (κ3) is 1.79. The van der Waals surface area contributed by atoms with Crippen molar-refractivity contribution >= 4 is 21.7 Å². The van der Waals surface area contributed by atoms with Crippen LogP contribution in [0.4, 0.5) is 0 Å². The highest BCUT2D eigenvalue weighted by Gasteiger charge is 2.22. The van der Waals surface area contributed by atoms with Gasteiger partial charge in [0.25, 0.3) is 0 Å². The maximum atomic E-state index is 11.0. The molecular formula is C10H9BrO4. The number of carbonyl (C=O) groups is 1. The molecule has 80 valence electrons. The molecule has 4 nitrogen and oxygen atoms in total. The summed E-state index contributed by atoms with van der Waals surface area (Å²) < 4.78 is 10.8. The van der Waals surface area contributed by atoms with Gasteiger partial charge in [0.2, 0.25) is 6.79 Å². The van der Waals surface area contributed by atoms with Crippen molar-refractivity contribution in [3.8, 4) is 17.2 Å². The Kier molecular flexibility index (Phi) is 2.56. The van der Waals surface area contributed by atoms with Crippen LogP contribution in [-0.4, -0.2) is 17.7 Å². The van der Waals surface area contributed by atoms with Crippen LogP contribution in [0.3, 0.4) is 0 Å². The molecule has 0 saturated carbocycles. The molecule has 0 aliphatic carbocycles. The van der Waals surface area contributed by atoms with Crippen molar-refractivity contribution in [2.75, 3.05) is 6.79 Å². The number of rotatable bonds is 2. The summed E-state index contributed by atoms with van der Waals surface area (Å²) in [6.45, 7) is 1.61. The summed E-state index contributed by atoms with van der Waals surface area (Å²) in [6, 6.07) is 1.63. The average Bonchev–Trinajstić information content (AvgIpc) is 2.61. The van der Waals surface area contributed by atoms with Crippen molar-refractivity contribution < 1.29 is 19.4 Å². The highest BCUT2D eigenvalue weighted by Crippen LogP contribution is 2.46. The van der Waals surface area contributed by atoms with Crippen LogP contribution < -0.4 is 9.47 Å². The zero-order valence-corrected chi connectivity index (χ0v) is 9.63. The standard InChI is InChI=1S/C10H9BrO4/c1-5(12)2-6-3-7-10(15-4-14-7)8(11)9(6)13/h3,13H,2,4H2,1H3. The van der Waals surface area contributed by atoms with Crippen molar-refractivity contribution in [1.29, 1.82) is 0 Å². The van der Waals surface area contributed by atoms with Crippen LogP contribution in [0.15, 0.2) is 10.5 Å². The monoisotopic (exact) mass is 272 g/mol. The molecule has 1 aliphatic rings. The van der Waals surface area contributed by atoms with Crippen LogP contribution in [-0.2, 0) is 11.2 Å². The van der Waals surface area contributed by atoms with E-state index in [0.717, 1.165) is 0 Å². The van der Waals surface area contributed by atoms with E-state index in [1.165, 1.54) is 6.92 Å². The van der Waals surface area contributed by atoms with Crippen molar-refractivity contribution in [2.24, 2.45) is 0 Å². The molecule has 0 fully saturated rings. The third-order valence-electron chi connectivity index (χ3n) is 2.10. The Labute approximate surface area is 94.9 Å². The number of Topliss-reactive ketones (excluding diaryl/α,β-unsaturated/α-hetero) is 1. The normalized spacial score (nSPS) is 12.9. The van der Waals surface area contributed by atoms with Crippen LogP contribution in [0, 0.1) is 0 Å². The minimum absolute atomic E-state index is 0.0175. The fourth-order valence-corrected chi connectivity index (χ4v) is 2.01. The largest absolute Gasteiger partial charge is 0.506 e. The Hall–Kier alpha value is -1.23. The van der Waals surface area contributed by atoms with Crippen LogP contribution in [0.25, 0.3) is 0 Å². The lowest BCUT2D eigenvalue weighted by molar-refractivity contribution is -0.116. The molecule has 2 rings (SSSR count). The molecule has 0 atom stereocenters. The number of ketones is 1. The number of benzene rings is 1. The second-order valence-corrected chi connectivity index (χ2v) is 4.10. The molecule has 0 radical (unpaired) electrons. The number of aromatic hydroxyl groups is 1. The van der Waals surface area contributed by atoms with E-state index >= 15 is 0 Å². The topological polar surface area (TPSA) is 55.8 Å². The Balaban J connectivity index is 2.49. The summed E-state index contributed by atoms with van der Waals surface area (Å²) in [6.07, 6.45) is 0.182. The first-order valence-corrected chi connectivity index (χ1v) is 5.18. The SMILES string of the molecule is CC(=O)Cc1cc2c(c(Br)c1O)OCO2. The summed E-state index contributed by atoms with van der Waals surface area (Å²) >= 11 is 3.21. The molecule has 1 aromatic carbocycles. The molecule has 0 amide bonds. The molecular weight excluding hydrogens is 264 g/mol. The average molecular weight is 273 g/mol. The Morgan fingerprint density at radius 3 is 3.00 bits per heavy atom. The lowest BCUT2D eigenvalue weighted by Crippen LogP contribution is -1.97. The van der Waals surface area contributed by atoms with Gasteiger partial charge >= 0.3 is 0 Å². The zero-order valence-electron chi connectivity index (χ0n) is 8.04. The Bertz CT molecular complexity index is 428. The van der Waals surface area contributed by atoms with Crippen LogP contribution in [0.2, 0.25) is 0 Å². The van der Waals surface area contributed by atoms with Crippen molar-refractivity contribution in [3.05, 3.63) is 16.1 Å². The van der Waals surface area contributed by atoms with Gasteiger partial charge in [0.1, 0.15) is 16.0 Å². The molecule has 15 heavy (non-hydrogen) atoms. The number of hydrogen-bond donors (Lipinski definition) is 1. The van der Waals surface area contributed by atoms with E-state index in [2.05, 4.69) is 15.9 Å². The summed E-state index contributed by atoms with van der Waals surface area (Å²) in [5.74, 6) is 1.06. The number of carbonyl (C=O) groups excluding carboxylic acids is 1. The second-order valence-electron chi connectivity index (χ2n) is 3.31. The summed E-state index contributed by atoms with van der Waals surface area (Å²) in [4.78, 5) is 11.0. The number of hydrogen-bond acceptors (Lipinski definition) is 4. The zero-order chi connectivity index (χ0) is 11.0. The van der Waals surface area contributed by atoms with E-state index < -0.39 is 0 Å². The van der Waals surface area contributed by atoms with Crippen LogP contribution in [0.5, 0.6) is 17.2 Å². The smallest absolute Gasteiger partial charge is 0.231 e. The second kappa shape index (κ2) is 3.73. The molecule has 5 heteroatoms. The molecule has 1 aromatic rings.